The zero-order valence-electron chi connectivity index (χ0n) is 15.0. The SMILES string of the molecule is CN=C(NCCN(C)C1CCCC1)NCc1nnc2ccccn12.I. The van der Waals surface area contributed by atoms with Crippen molar-refractivity contribution in [3.05, 3.63) is 30.2 Å². The maximum absolute atomic E-state index is 4.28. The number of fused-ring (bicyclic) bond motifs is 1. The van der Waals surface area contributed by atoms with Gasteiger partial charge in [0.1, 0.15) is 0 Å². The highest BCUT2D eigenvalue weighted by molar-refractivity contribution is 14.0. The van der Waals surface area contributed by atoms with Crippen LogP contribution in [0.3, 0.4) is 0 Å². The van der Waals surface area contributed by atoms with Crippen LogP contribution in [0.15, 0.2) is 29.4 Å². The molecule has 0 aliphatic heterocycles. The average Bonchev–Trinajstić information content (AvgIpc) is 3.27. The largest absolute Gasteiger partial charge is 0.355 e. The highest BCUT2D eigenvalue weighted by Gasteiger charge is 2.18. The van der Waals surface area contributed by atoms with Crippen LogP contribution in [0.5, 0.6) is 0 Å². The summed E-state index contributed by atoms with van der Waals surface area (Å²) in [6.07, 6.45) is 7.39. The molecular formula is C17H28IN7. The molecule has 2 heterocycles. The molecule has 0 unspecified atom stereocenters. The summed E-state index contributed by atoms with van der Waals surface area (Å²) in [6.45, 7) is 2.50. The summed E-state index contributed by atoms with van der Waals surface area (Å²) in [4.78, 5) is 6.74. The van der Waals surface area contributed by atoms with E-state index < -0.39 is 0 Å². The van der Waals surface area contributed by atoms with Crippen molar-refractivity contribution in [1.82, 2.24) is 30.1 Å². The van der Waals surface area contributed by atoms with Crippen molar-refractivity contribution in [3.63, 3.8) is 0 Å². The van der Waals surface area contributed by atoms with E-state index in [1.54, 1.807) is 7.05 Å². The van der Waals surface area contributed by atoms with Gasteiger partial charge < -0.3 is 15.5 Å². The molecule has 7 nitrogen and oxygen atoms in total. The van der Waals surface area contributed by atoms with E-state index in [0.29, 0.717) is 6.54 Å². The minimum atomic E-state index is 0. The van der Waals surface area contributed by atoms with E-state index in [4.69, 9.17) is 0 Å². The smallest absolute Gasteiger partial charge is 0.191 e. The molecule has 0 bridgehead atoms. The number of halogens is 1. The molecule has 1 aliphatic carbocycles. The third-order valence-electron chi connectivity index (χ3n) is 4.73. The first kappa shape index (κ1) is 19.9. The van der Waals surface area contributed by atoms with Crippen molar-refractivity contribution in [1.29, 1.82) is 0 Å². The van der Waals surface area contributed by atoms with E-state index >= 15 is 0 Å². The zero-order chi connectivity index (χ0) is 16.8. The van der Waals surface area contributed by atoms with Crippen LogP contribution in [-0.4, -0.2) is 58.7 Å². The molecule has 0 saturated heterocycles. The lowest BCUT2D eigenvalue weighted by Crippen LogP contribution is -2.42. The quantitative estimate of drug-likeness (QED) is 0.394. The Labute approximate surface area is 166 Å². The summed E-state index contributed by atoms with van der Waals surface area (Å²) < 4.78 is 1.98. The first-order chi connectivity index (χ1) is 11.8. The number of hydrogen-bond acceptors (Lipinski definition) is 4. The predicted octanol–water partition coefficient (Wildman–Crippen LogP) is 1.89. The number of aromatic nitrogens is 3. The van der Waals surface area contributed by atoms with Gasteiger partial charge in [0.15, 0.2) is 17.4 Å². The Hall–Kier alpha value is -1.42. The molecule has 2 N–H and O–H groups in total. The van der Waals surface area contributed by atoms with Gasteiger partial charge in [-0.25, -0.2) is 0 Å². The number of guanidine groups is 1. The van der Waals surface area contributed by atoms with Gasteiger partial charge >= 0.3 is 0 Å². The third-order valence-corrected chi connectivity index (χ3v) is 4.73. The van der Waals surface area contributed by atoms with Gasteiger partial charge in [-0.2, -0.15) is 0 Å². The van der Waals surface area contributed by atoms with E-state index in [1.165, 1.54) is 25.7 Å². The second-order valence-electron chi connectivity index (χ2n) is 6.32. The van der Waals surface area contributed by atoms with Crippen LogP contribution >= 0.6 is 24.0 Å². The maximum atomic E-state index is 4.28. The Bertz CT molecular complexity index is 678. The highest BCUT2D eigenvalue weighted by atomic mass is 127. The lowest BCUT2D eigenvalue weighted by atomic mass is 10.2. The van der Waals surface area contributed by atoms with Crippen LogP contribution in [0.4, 0.5) is 0 Å². The van der Waals surface area contributed by atoms with Crippen molar-refractivity contribution in [2.75, 3.05) is 27.2 Å². The number of hydrogen-bond donors (Lipinski definition) is 2. The number of rotatable bonds is 6. The van der Waals surface area contributed by atoms with Gasteiger partial charge in [0, 0.05) is 32.4 Å². The Kier molecular flexibility index (Phi) is 7.89. The minimum Gasteiger partial charge on any atom is -0.355 e. The summed E-state index contributed by atoms with van der Waals surface area (Å²) in [5.41, 5.74) is 0.857. The number of aliphatic imine (C=N–C) groups is 1. The van der Waals surface area contributed by atoms with Crippen molar-refractivity contribution >= 4 is 35.6 Å². The van der Waals surface area contributed by atoms with Crippen molar-refractivity contribution in [3.8, 4) is 0 Å². The third kappa shape index (κ3) is 5.27. The molecule has 0 spiro atoms. The monoisotopic (exact) mass is 457 g/mol. The summed E-state index contributed by atoms with van der Waals surface area (Å²) >= 11 is 0. The first-order valence-corrected chi connectivity index (χ1v) is 8.71. The Morgan fingerprint density at radius 3 is 2.84 bits per heavy atom. The summed E-state index contributed by atoms with van der Waals surface area (Å²) in [6, 6.07) is 6.64. The van der Waals surface area contributed by atoms with Crippen LogP contribution in [0, 0.1) is 0 Å². The molecule has 8 heteroatoms. The van der Waals surface area contributed by atoms with Crippen LogP contribution in [-0.2, 0) is 6.54 Å². The van der Waals surface area contributed by atoms with E-state index in [9.17, 15) is 0 Å². The lowest BCUT2D eigenvalue weighted by Gasteiger charge is -2.24. The molecule has 2 aromatic rings. The van der Waals surface area contributed by atoms with Crippen molar-refractivity contribution in [2.45, 2.75) is 38.3 Å². The first-order valence-electron chi connectivity index (χ1n) is 8.71. The topological polar surface area (TPSA) is 69.8 Å². The van der Waals surface area contributed by atoms with Gasteiger partial charge in [-0.1, -0.05) is 18.9 Å². The number of likely N-dealkylation sites (N-methyl/N-ethyl adjacent to an activating group) is 1. The number of nitrogens with one attached hydrogen (secondary N) is 2. The van der Waals surface area contributed by atoms with Gasteiger partial charge in [-0.3, -0.25) is 9.39 Å². The highest BCUT2D eigenvalue weighted by Crippen LogP contribution is 2.21. The molecule has 25 heavy (non-hydrogen) atoms. The Morgan fingerprint density at radius 1 is 1.28 bits per heavy atom. The van der Waals surface area contributed by atoms with Gasteiger partial charge in [0.05, 0.1) is 6.54 Å². The minimum absolute atomic E-state index is 0. The van der Waals surface area contributed by atoms with Gasteiger partial charge in [-0.05, 0) is 32.0 Å². The van der Waals surface area contributed by atoms with Crippen LogP contribution in [0.2, 0.25) is 0 Å². The van der Waals surface area contributed by atoms with Gasteiger partial charge in [0.25, 0.3) is 0 Å². The van der Waals surface area contributed by atoms with E-state index in [1.807, 2.05) is 28.8 Å². The van der Waals surface area contributed by atoms with Crippen LogP contribution in [0.1, 0.15) is 31.5 Å². The second-order valence-corrected chi connectivity index (χ2v) is 6.32. The Morgan fingerprint density at radius 2 is 2.08 bits per heavy atom. The summed E-state index contributed by atoms with van der Waals surface area (Å²) in [7, 11) is 4.01. The standard InChI is InChI=1S/C17H27N7.HI/c1-18-17(19-10-12-23(2)14-7-3-4-8-14)20-13-16-22-21-15-9-5-6-11-24(15)16;/h5-6,9,11,14H,3-4,7-8,10,12-13H2,1-2H3,(H2,18,19,20);1H. The number of nitrogens with zero attached hydrogens (tertiary/aromatic N) is 5. The molecule has 1 aliphatic rings. The van der Waals surface area contributed by atoms with Crippen molar-refractivity contribution < 1.29 is 0 Å². The van der Waals surface area contributed by atoms with Gasteiger partial charge in [-0.15, -0.1) is 34.2 Å². The fourth-order valence-corrected chi connectivity index (χ4v) is 3.27. The van der Waals surface area contributed by atoms with E-state index in [-0.39, 0.29) is 24.0 Å². The van der Waals surface area contributed by atoms with E-state index in [0.717, 1.165) is 36.6 Å². The van der Waals surface area contributed by atoms with E-state index in [2.05, 4.69) is 37.8 Å². The molecule has 0 radical (unpaired) electrons. The molecule has 0 atom stereocenters. The van der Waals surface area contributed by atoms with Crippen molar-refractivity contribution in [2.24, 2.45) is 4.99 Å². The molecule has 0 aromatic carbocycles. The summed E-state index contributed by atoms with van der Waals surface area (Å²) in [5.74, 6) is 1.67. The number of pyridine rings is 1. The molecule has 2 aromatic heterocycles. The fourth-order valence-electron chi connectivity index (χ4n) is 3.27. The lowest BCUT2D eigenvalue weighted by molar-refractivity contribution is 0.249. The zero-order valence-corrected chi connectivity index (χ0v) is 17.3. The summed E-state index contributed by atoms with van der Waals surface area (Å²) in [5, 5.41) is 15.1. The maximum Gasteiger partial charge on any atom is 0.191 e. The van der Waals surface area contributed by atoms with Gasteiger partial charge in [0.2, 0.25) is 0 Å². The average molecular weight is 457 g/mol. The van der Waals surface area contributed by atoms with Crippen LogP contribution < -0.4 is 10.6 Å². The normalized spacial score (nSPS) is 15.6. The molecule has 3 rings (SSSR count). The molecule has 1 fully saturated rings. The molecule has 0 amide bonds. The molecule has 138 valence electrons. The molecule has 1 saturated carbocycles. The fraction of sp³-hybridized carbons (Fsp3) is 0.588. The Balaban J connectivity index is 0.00000225. The molecular weight excluding hydrogens is 429 g/mol. The second kappa shape index (κ2) is 9.91. The predicted molar refractivity (Wildman–Crippen MR) is 111 cm³/mol. The van der Waals surface area contributed by atoms with Crippen LogP contribution in [0.25, 0.3) is 5.65 Å².